The van der Waals surface area contributed by atoms with Crippen molar-refractivity contribution in [1.29, 1.82) is 0 Å². The minimum absolute atomic E-state index is 0.280. The van der Waals surface area contributed by atoms with E-state index in [9.17, 15) is 0 Å². The Morgan fingerprint density at radius 1 is 0.596 bits per heavy atom. The number of hydrogen-bond acceptors (Lipinski definition) is 5. The van der Waals surface area contributed by atoms with Crippen LogP contribution >= 0.6 is 14.3 Å². The molecule has 0 aromatic heterocycles. The molecule has 2 bridgehead atoms. The van der Waals surface area contributed by atoms with Crippen molar-refractivity contribution in [1.82, 2.24) is 0 Å². The minimum atomic E-state index is -3.58. The maximum atomic E-state index is 16.5. The maximum Gasteiger partial charge on any atom is 0.174 e. The lowest BCUT2D eigenvalue weighted by atomic mass is 9.89. The summed E-state index contributed by atoms with van der Waals surface area (Å²) in [5, 5.41) is 2.28. The van der Waals surface area contributed by atoms with Gasteiger partial charge in [0.15, 0.2) is 14.3 Å². The molecule has 0 radical (unpaired) electrons. The van der Waals surface area contributed by atoms with Crippen molar-refractivity contribution in [3.05, 3.63) is 169 Å². The average Bonchev–Trinajstić information content (AvgIpc) is 3.12. The molecular weight excluding hydrogens is 622 g/mol. The van der Waals surface area contributed by atoms with Crippen LogP contribution in [0.1, 0.15) is 6.42 Å². The van der Waals surface area contributed by atoms with Gasteiger partial charge in [-0.05, 0) is 42.3 Å². The normalized spacial score (nSPS) is 26.4. The van der Waals surface area contributed by atoms with Crippen LogP contribution in [0.3, 0.4) is 0 Å². The van der Waals surface area contributed by atoms with Crippen molar-refractivity contribution in [2.45, 2.75) is 11.6 Å². The number of allylic oxidation sites excluding steroid dienone is 10. The molecule has 1 heterocycles. The maximum absolute atomic E-state index is 16.5. The van der Waals surface area contributed by atoms with Gasteiger partial charge in [-0.2, -0.15) is 0 Å². The number of hydrogen-bond donors (Lipinski definition) is 0. The van der Waals surface area contributed by atoms with Crippen molar-refractivity contribution in [3.63, 3.8) is 0 Å². The molecule has 0 spiro atoms. The molecule has 0 fully saturated rings. The lowest BCUT2D eigenvalue weighted by molar-refractivity contribution is 0.0769. The van der Waals surface area contributed by atoms with Crippen molar-refractivity contribution in [3.8, 4) is 11.5 Å². The first-order chi connectivity index (χ1) is 23.1. The first-order valence-corrected chi connectivity index (χ1v) is 19.3. The van der Waals surface area contributed by atoms with Crippen LogP contribution in [0.2, 0.25) is 0 Å². The Morgan fingerprint density at radius 3 is 1.89 bits per heavy atom. The molecule has 7 heteroatoms. The molecule has 47 heavy (non-hydrogen) atoms. The molecule has 0 N–H and O–H groups in total. The quantitative estimate of drug-likeness (QED) is 0.210. The third kappa shape index (κ3) is 5.53. The summed E-state index contributed by atoms with van der Waals surface area (Å²) in [5.74, 6) is 1.10. The third-order valence-electron chi connectivity index (χ3n) is 8.94. The average molecular weight is 659 g/mol. The number of benzene rings is 4. The Balaban J connectivity index is 1.55. The predicted octanol–water partition coefficient (Wildman–Crippen LogP) is 7.44. The Morgan fingerprint density at radius 2 is 1.19 bits per heavy atom. The summed E-state index contributed by atoms with van der Waals surface area (Å²) in [5.41, 5.74) is 0.819. The van der Waals surface area contributed by atoms with Crippen LogP contribution in [0.4, 0.5) is 0 Å². The van der Waals surface area contributed by atoms with Gasteiger partial charge in [0.25, 0.3) is 0 Å². The summed E-state index contributed by atoms with van der Waals surface area (Å²) in [6, 6.07) is 34.5. The van der Waals surface area contributed by atoms with E-state index in [2.05, 4.69) is 12.2 Å². The molecule has 5 nitrogen and oxygen atoms in total. The Kier molecular flexibility index (Phi) is 8.88. The highest BCUT2D eigenvalue weighted by Crippen LogP contribution is 2.65. The van der Waals surface area contributed by atoms with Crippen molar-refractivity contribution >= 4 is 35.5 Å². The van der Waals surface area contributed by atoms with Gasteiger partial charge in [0.2, 0.25) is 0 Å². The predicted molar refractivity (Wildman–Crippen MR) is 192 cm³/mol. The van der Waals surface area contributed by atoms with Crippen LogP contribution in [-0.2, 0) is 13.9 Å². The minimum Gasteiger partial charge on any atom is -0.490 e. The molecule has 1 aliphatic heterocycles. The molecule has 0 amide bonds. The zero-order valence-electron chi connectivity index (χ0n) is 26.0. The summed E-state index contributed by atoms with van der Waals surface area (Å²) in [4.78, 5) is 0. The molecule has 3 atom stereocenters. The van der Waals surface area contributed by atoms with Crippen molar-refractivity contribution in [2.24, 2.45) is 0 Å². The summed E-state index contributed by atoms with van der Waals surface area (Å²) >= 11 is 0. The van der Waals surface area contributed by atoms with E-state index in [0.717, 1.165) is 10.9 Å². The second-order valence-corrected chi connectivity index (χ2v) is 17.3. The van der Waals surface area contributed by atoms with Crippen molar-refractivity contribution < 1.29 is 23.3 Å². The lowest BCUT2D eigenvalue weighted by Gasteiger charge is -2.42. The molecule has 2 aliphatic carbocycles. The third-order valence-corrected chi connectivity index (χ3v) is 15.8. The monoisotopic (exact) mass is 658 g/mol. The molecule has 3 aliphatic rings. The van der Waals surface area contributed by atoms with Gasteiger partial charge in [0.1, 0.15) is 24.7 Å². The van der Waals surface area contributed by atoms with Gasteiger partial charge in [-0.3, -0.25) is 0 Å². The summed E-state index contributed by atoms with van der Waals surface area (Å²) < 4.78 is 51.0. The van der Waals surface area contributed by atoms with E-state index in [1.807, 2.05) is 146 Å². The van der Waals surface area contributed by atoms with Crippen LogP contribution < -0.4 is 30.7 Å². The number of fused-ring (bicyclic) bond motifs is 3. The van der Waals surface area contributed by atoms with E-state index in [4.69, 9.17) is 14.2 Å². The first-order valence-electron chi connectivity index (χ1n) is 15.9. The zero-order chi connectivity index (χ0) is 32.2. The van der Waals surface area contributed by atoms with Crippen molar-refractivity contribution in [2.75, 3.05) is 26.4 Å². The van der Waals surface area contributed by atoms with Gasteiger partial charge in [-0.1, -0.05) is 127 Å². The lowest BCUT2D eigenvalue weighted by Crippen LogP contribution is -2.39. The summed E-state index contributed by atoms with van der Waals surface area (Å²) in [6.45, 7) is 1.21. The van der Waals surface area contributed by atoms with Gasteiger partial charge < -0.3 is 23.3 Å². The van der Waals surface area contributed by atoms with Gasteiger partial charge in [0, 0.05) is 15.9 Å². The van der Waals surface area contributed by atoms with Gasteiger partial charge in [-0.15, -0.1) is 0 Å². The van der Waals surface area contributed by atoms with Crippen LogP contribution in [0.25, 0.3) is 0 Å². The van der Waals surface area contributed by atoms with E-state index in [1.54, 1.807) is 0 Å². The van der Waals surface area contributed by atoms with E-state index in [-0.39, 0.29) is 13.2 Å². The number of para-hydroxylation sites is 2. The van der Waals surface area contributed by atoms with Gasteiger partial charge in [0.05, 0.1) is 29.0 Å². The molecule has 4 aromatic carbocycles. The fourth-order valence-electron chi connectivity index (χ4n) is 6.70. The smallest absolute Gasteiger partial charge is 0.174 e. The summed E-state index contributed by atoms with van der Waals surface area (Å²) in [6.07, 6.45) is 16.4. The first kappa shape index (κ1) is 31.2. The standard InChI is InChI=1S/C40H36O5P2/c41-46(33-16-3-1-4-17-33)35-20-12-14-26-40(25-13-11-15-32(40)31-35)47(42,34-18-5-2-6-19-34)39-24-10-8-22-37(39)45-30-28-43-27-29-44-36-21-7-9-23-38(36)46/h1-25,31H,26-30H2/b14-12-,32-31?,35-20?. The highest BCUT2D eigenvalue weighted by atomic mass is 31.2. The summed E-state index contributed by atoms with van der Waals surface area (Å²) in [7, 11) is -7.11. The Labute approximate surface area is 276 Å². The second-order valence-electron chi connectivity index (χ2n) is 11.6. The van der Waals surface area contributed by atoms with Gasteiger partial charge in [-0.25, -0.2) is 0 Å². The Bertz CT molecular complexity index is 2010. The molecule has 3 unspecified atom stereocenters. The van der Waals surface area contributed by atoms with Gasteiger partial charge >= 0.3 is 0 Å². The highest BCUT2D eigenvalue weighted by molar-refractivity contribution is 7.83. The fraction of sp³-hybridized carbons (Fsp3) is 0.150. The highest BCUT2D eigenvalue weighted by Gasteiger charge is 2.52. The number of rotatable bonds is 2. The molecule has 0 saturated carbocycles. The number of ether oxygens (including phenoxy) is 3. The van der Waals surface area contributed by atoms with E-state index < -0.39 is 19.4 Å². The largest absolute Gasteiger partial charge is 0.490 e. The van der Waals surface area contributed by atoms with E-state index in [0.29, 0.717) is 52.4 Å². The molecular formula is C40H36O5P2. The van der Waals surface area contributed by atoms with E-state index >= 15 is 9.13 Å². The zero-order valence-corrected chi connectivity index (χ0v) is 27.8. The molecule has 236 valence electrons. The van der Waals surface area contributed by atoms with E-state index in [1.165, 1.54) is 0 Å². The fourth-order valence-corrected chi connectivity index (χ4v) is 13.2. The van der Waals surface area contributed by atoms with Crippen LogP contribution in [0, 0.1) is 0 Å². The molecule has 7 rings (SSSR count). The second kappa shape index (κ2) is 13.4. The topological polar surface area (TPSA) is 61.8 Å². The van der Waals surface area contributed by atoms with Crippen LogP contribution in [-0.4, -0.2) is 31.6 Å². The van der Waals surface area contributed by atoms with Crippen LogP contribution in [0.15, 0.2) is 169 Å². The van der Waals surface area contributed by atoms with Crippen LogP contribution in [0.5, 0.6) is 11.5 Å². The Hall–Kier alpha value is -4.40. The molecule has 4 aromatic rings. The molecule has 0 saturated heterocycles. The SMILES string of the molecule is O=P1(c2ccccc2)C2=C/C=C\CC3(C=CC=CC3=C2)P(=O)(c2ccccc2)c2ccccc2OCCOCCOc2ccccc21.